The van der Waals surface area contributed by atoms with E-state index in [0.717, 1.165) is 24.1 Å². The summed E-state index contributed by atoms with van der Waals surface area (Å²) in [5.74, 6) is 0.638. The SMILES string of the molecule is NC(=O)c1cccc2c1cnn2-c1nc2c(c(NCc3cccc(F)c3)n1)OCCC2. The molecule has 0 unspecified atom stereocenters. The van der Waals surface area contributed by atoms with Gasteiger partial charge in [0.2, 0.25) is 5.91 Å². The summed E-state index contributed by atoms with van der Waals surface area (Å²) in [6.07, 6.45) is 3.16. The zero-order valence-electron chi connectivity index (χ0n) is 16.5. The van der Waals surface area contributed by atoms with Crippen molar-refractivity contribution >= 4 is 22.6 Å². The molecule has 0 saturated heterocycles. The molecular formula is C22H19FN6O2. The van der Waals surface area contributed by atoms with Gasteiger partial charge in [-0.05, 0) is 42.7 Å². The van der Waals surface area contributed by atoms with Crippen molar-refractivity contribution in [1.29, 1.82) is 0 Å². The third-order valence-corrected chi connectivity index (χ3v) is 5.15. The predicted molar refractivity (Wildman–Crippen MR) is 113 cm³/mol. The van der Waals surface area contributed by atoms with Crippen LogP contribution in [0.1, 0.15) is 28.0 Å². The minimum Gasteiger partial charge on any atom is -0.488 e. The molecule has 0 aliphatic carbocycles. The van der Waals surface area contributed by atoms with Gasteiger partial charge in [0.05, 0.1) is 29.6 Å². The molecule has 8 nitrogen and oxygen atoms in total. The molecule has 31 heavy (non-hydrogen) atoms. The van der Waals surface area contributed by atoms with E-state index in [9.17, 15) is 9.18 Å². The van der Waals surface area contributed by atoms with Crippen LogP contribution in [0.3, 0.4) is 0 Å². The van der Waals surface area contributed by atoms with Crippen molar-refractivity contribution in [2.45, 2.75) is 19.4 Å². The van der Waals surface area contributed by atoms with Crippen LogP contribution in [-0.4, -0.2) is 32.3 Å². The molecule has 2 aromatic carbocycles. The molecule has 0 bridgehead atoms. The van der Waals surface area contributed by atoms with Gasteiger partial charge in [-0.3, -0.25) is 4.79 Å². The lowest BCUT2D eigenvalue weighted by molar-refractivity contribution is 0.100. The molecule has 3 heterocycles. The second kappa shape index (κ2) is 7.67. The van der Waals surface area contributed by atoms with E-state index in [-0.39, 0.29) is 5.82 Å². The van der Waals surface area contributed by atoms with Gasteiger partial charge in [-0.25, -0.2) is 9.37 Å². The standard InChI is InChI=1S/C22H19FN6O2/c23-14-5-1-4-13(10-14)11-25-21-19-17(7-3-9-31-19)27-22(28-21)29-18-8-2-6-15(20(24)30)16(18)12-26-29/h1-2,4-6,8,10,12H,3,7,9,11H2,(H2,24,30)(H,25,27,28). The zero-order chi connectivity index (χ0) is 21.4. The van der Waals surface area contributed by atoms with E-state index in [1.807, 2.05) is 12.1 Å². The third-order valence-electron chi connectivity index (χ3n) is 5.15. The monoisotopic (exact) mass is 418 g/mol. The maximum Gasteiger partial charge on any atom is 0.253 e. The number of hydrogen-bond acceptors (Lipinski definition) is 6. The maximum absolute atomic E-state index is 13.5. The first-order valence-electron chi connectivity index (χ1n) is 9.89. The number of ether oxygens (including phenoxy) is 1. The Balaban J connectivity index is 1.57. The molecule has 4 aromatic rings. The molecule has 1 amide bonds. The fourth-order valence-electron chi connectivity index (χ4n) is 3.69. The molecule has 1 aliphatic rings. The number of carbonyl (C=O) groups excluding carboxylic acids is 1. The van der Waals surface area contributed by atoms with Gasteiger partial charge >= 0.3 is 0 Å². The van der Waals surface area contributed by atoms with Crippen molar-refractivity contribution in [2.75, 3.05) is 11.9 Å². The van der Waals surface area contributed by atoms with Crippen molar-refractivity contribution in [3.63, 3.8) is 0 Å². The van der Waals surface area contributed by atoms with E-state index in [0.29, 0.717) is 47.1 Å². The number of rotatable bonds is 5. The summed E-state index contributed by atoms with van der Waals surface area (Å²) in [4.78, 5) is 21.0. The smallest absolute Gasteiger partial charge is 0.253 e. The van der Waals surface area contributed by atoms with Crippen LogP contribution in [0, 0.1) is 5.82 Å². The highest BCUT2D eigenvalue weighted by Gasteiger charge is 2.22. The lowest BCUT2D eigenvalue weighted by Gasteiger charge is -2.20. The second-order valence-corrected chi connectivity index (χ2v) is 7.24. The molecule has 0 fully saturated rings. The normalized spacial score (nSPS) is 12.9. The summed E-state index contributed by atoms with van der Waals surface area (Å²) in [6, 6.07) is 11.6. The van der Waals surface area contributed by atoms with Crippen LogP contribution in [-0.2, 0) is 13.0 Å². The van der Waals surface area contributed by atoms with Crippen LogP contribution in [0.25, 0.3) is 16.9 Å². The molecule has 9 heteroatoms. The number of amides is 1. The van der Waals surface area contributed by atoms with Crippen LogP contribution in [0.2, 0.25) is 0 Å². The van der Waals surface area contributed by atoms with E-state index in [4.69, 9.17) is 10.5 Å². The number of nitrogens with zero attached hydrogens (tertiary/aromatic N) is 4. The van der Waals surface area contributed by atoms with E-state index in [1.165, 1.54) is 12.1 Å². The molecule has 2 aromatic heterocycles. The Morgan fingerprint density at radius 3 is 2.94 bits per heavy atom. The van der Waals surface area contributed by atoms with Crippen LogP contribution in [0.15, 0.2) is 48.7 Å². The van der Waals surface area contributed by atoms with Gasteiger partial charge in [-0.15, -0.1) is 0 Å². The molecule has 0 atom stereocenters. The number of halogens is 1. The van der Waals surface area contributed by atoms with Crippen LogP contribution < -0.4 is 15.8 Å². The van der Waals surface area contributed by atoms with E-state index in [2.05, 4.69) is 20.4 Å². The minimum atomic E-state index is -0.526. The number of carbonyl (C=O) groups is 1. The Morgan fingerprint density at radius 2 is 2.10 bits per heavy atom. The molecule has 3 N–H and O–H groups in total. The molecule has 1 aliphatic heterocycles. The number of aromatic nitrogens is 4. The highest BCUT2D eigenvalue weighted by molar-refractivity contribution is 6.05. The summed E-state index contributed by atoms with van der Waals surface area (Å²) >= 11 is 0. The molecule has 0 spiro atoms. The summed E-state index contributed by atoms with van der Waals surface area (Å²) in [7, 11) is 0. The lowest BCUT2D eigenvalue weighted by atomic mass is 10.1. The van der Waals surface area contributed by atoms with Crippen LogP contribution >= 0.6 is 0 Å². The number of nitrogens with two attached hydrogens (primary N) is 1. The first-order valence-corrected chi connectivity index (χ1v) is 9.89. The number of anilines is 1. The minimum absolute atomic E-state index is 0.297. The third kappa shape index (κ3) is 3.54. The van der Waals surface area contributed by atoms with Crippen molar-refractivity contribution in [2.24, 2.45) is 5.73 Å². The number of aryl methyl sites for hydroxylation is 1. The summed E-state index contributed by atoms with van der Waals surface area (Å²) in [5.41, 5.74) is 8.09. The van der Waals surface area contributed by atoms with Gasteiger partial charge in [0.15, 0.2) is 11.6 Å². The molecule has 0 saturated carbocycles. The second-order valence-electron chi connectivity index (χ2n) is 7.24. The topological polar surface area (TPSA) is 108 Å². The number of hydrogen-bond donors (Lipinski definition) is 2. The Labute approximate surface area is 176 Å². The van der Waals surface area contributed by atoms with Gasteiger partial charge in [0.1, 0.15) is 5.82 Å². The Kier molecular flexibility index (Phi) is 4.70. The lowest BCUT2D eigenvalue weighted by Crippen LogP contribution is -2.17. The summed E-state index contributed by atoms with van der Waals surface area (Å²) in [5, 5.41) is 8.26. The largest absolute Gasteiger partial charge is 0.488 e. The summed E-state index contributed by atoms with van der Waals surface area (Å²) in [6.45, 7) is 0.951. The first kappa shape index (κ1) is 19.0. The van der Waals surface area contributed by atoms with Crippen LogP contribution in [0.4, 0.5) is 10.2 Å². The number of fused-ring (bicyclic) bond motifs is 2. The van der Waals surface area contributed by atoms with Gasteiger partial charge < -0.3 is 15.8 Å². The number of benzene rings is 2. The predicted octanol–water partition coefficient (Wildman–Crippen LogP) is 2.99. The van der Waals surface area contributed by atoms with Crippen molar-refractivity contribution in [3.8, 4) is 11.7 Å². The maximum atomic E-state index is 13.5. The zero-order valence-corrected chi connectivity index (χ0v) is 16.5. The van der Waals surface area contributed by atoms with Gasteiger partial charge in [0, 0.05) is 11.9 Å². The fourth-order valence-corrected chi connectivity index (χ4v) is 3.69. The van der Waals surface area contributed by atoms with Crippen molar-refractivity contribution in [3.05, 3.63) is 71.3 Å². The Hall–Kier alpha value is -4.01. The molecular weight excluding hydrogens is 399 g/mol. The van der Waals surface area contributed by atoms with E-state index in [1.54, 1.807) is 29.1 Å². The van der Waals surface area contributed by atoms with E-state index >= 15 is 0 Å². The highest BCUT2D eigenvalue weighted by atomic mass is 19.1. The van der Waals surface area contributed by atoms with Gasteiger partial charge in [-0.1, -0.05) is 18.2 Å². The van der Waals surface area contributed by atoms with E-state index < -0.39 is 5.91 Å². The van der Waals surface area contributed by atoms with Crippen molar-refractivity contribution in [1.82, 2.24) is 19.7 Å². The van der Waals surface area contributed by atoms with Crippen LogP contribution in [0.5, 0.6) is 5.75 Å². The number of nitrogens with one attached hydrogen (secondary N) is 1. The Morgan fingerprint density at radius 1 is 1.23 bits per heavy atom. The molecule has 5 rings (SSSR count). The first-order chi connectivity index (χ1) is 15.1. The van der Waals surface area contributed by atoms with Gasteiger partial charge in [-0.2, -0.15) is 14.8 Å². The van der Waals surface area contributed by atoms with Gasteiger partial charge in [0.25, 0.3) is 5.95 Å². The highest BCUT2D eigenvalue weighted by Crippen LogP contribution is 2.32. The molecule has 156 valence electrons. The summed E-state index contributed by atoms with van der Waals surface area (Å²) < 4.78 is 20.9. The number of primary amides is 1. The Bertz CT molecular complexity index is 1300. The average Bonchev–Trinajstić information content (AvgIpc) is 3.21. The fraction of sp³-hybridized carbons (Fsp3) is 0.182. The van der Waals surface area contributed by atoms with Crippen molar-refractivity contribution < 1.29 is 13.9 Å². The average molecular weight is 418 g/mol. The molecule has 0 radical (unpaired) electrons. The quantitative estimate of drug-likeness (QED) is 0.516.